The third-order valence-corrected chi connectivity index (χ3v) is 2.94. The van der Waals surface area contributed by atoms with Crippen molar-refractivity contribution in [2.24, 2.45) is 0 Å². The van der Waals surface area contributed by atoms with E-state index >= 15 is 0 Å². The zero-order valence-corrected chi connectivity index (χ0v) is 10.8. The zero-order chi connectivity index (χ0) is 12.3. The van der Waals surface area contributed by atoms with Crippen LogP contribution in [0.2, 0.25) is 0 Å². The van der Waals surface area contributed by atoms with E-state index in [1.165, 1.54) is 11.1 Å². The van der Waals surface area contributed by atoms with Crippen molar-refractivity contribution in [2.45, 2.75) is 39.2 Å². The first-order valence-corrected chi connectivity index (χ1v) is 6.27. The molecule has 0 N–H and O–H groups in total. The summed E-state index contributed by atoms with van der Waals surface area (Å²) >= 11 is 0. The number of ether oxygens (including phenoxy) is 1. The van der Waals surface area contributed by atoms with Crippen LogP contribution in [0.15, 0.2) is 42.5 Å². The van der Waals surface area contributed by atoms with Crippen molar-refractivity contribution in [3.8, 4) is 5.75 Å². The maximum Gasteiger partial charge on any atom is 0.120 e. The van der Waals surface area contributed by atoms with Crippen LogP contribution in [-0.4, -0.2) is 6.10 Å². The number of benzene rings is 1. The molecule has 1 nitrogen and oxygen atoms in total. The lowest BCUT2D eigenvalue weighted by Gasteiger charge is -2.17. The molecule has 1 aromatic carbocycles. The zero-order valence-electron chi connectivity index (χ0n) is 10.8. The predicted octanol–water partition coefficient (Wildman–Crippen LogP) is 4.38. The first-order chi connectivity index (χ1) is 8.16. The topological polar surface area (TPSA) is 9.23 Å². The maximum absolute atomic E-state index is 5.75. The lowest BCUT2D eigenvalue weighted by atomic mass is 9.91. The highest BCUT2D eigenvalue weighted by Crippen LogP contribution is 2.29. The van der Waals surface area contributed by atoms with Gasteiger partial charge in [0.05, 0.1) is 6.10 Å². The summed E-state index contributed by atoms with van der Waals surface area (Å²) in [6.45, 7) is 6.27. The van der Waals surface area contributed by atoms with Crippen molar-refractivity contribution in [3.63, 3.8) is 0 Å². The number of hydrogen-bond acceptors (Lipinski definition) is 1. The van der Waals surface area contributed by atoms with Gasteiger partial charge in [0.2, 0.25) is 0 Å². The van der Waals surface area contributed by atoms with Crippen molar-refractivity contribution < 1.29 is 4.74 Å². The third kappa shape index (κ3) is 3.00. The normalized spacial score (nSPS) is 15.5. The van der Waals surface area contributed by atoms with Crippen molar-refractivity contribution >= 4 is 0 Å². The monoisotopic (exact) mass is 228 g/mol. The molecule has 2 rings (SSSR count). The molecule has 0 atom stereocenters. The molecule has 1 aliphatic rings. The second-order valence-electron chi connectivity index (χ2n) is 4.80. The van der Waals surface area contributed by atoms with E-state index < -0.39 is 0 Å². The van der Waals surface area contributed by atoms with Crippen LogP contribution in [0.25, 0.3) is 0 Å². The van der Waals surface area contributed by atoms with Gasteiger partial charge in [-0.2, -0.15) is 0 Å². The Labute approximate surface area is 104 Å². The van der Waals surface area contributed by atoms with E-state index in [1.54, 1.807) is 0 Å². The summed E-state index contributed by atoms with van der Waals surface area (Å²) in [5, 5.41) is 0. The van der Waals surface area contributed by atoms with E-state index in [0.29, 0.717) is 5.92 Å². The molecule has 90 valence electrons. The summed E-state index contributed by atoms with van der Waals surface area (Å²) in [5.41, 5.74) is 2.66. The summed E-state index contributed by atoms with van der Waals surface area (Å²) in [6.07, 6.45) is 10.3. The molecule has 17 heavy (non-hydrogen) atoms. The molecule has 0 spiro atoms. The van der Waals surface area contributed by atoms with Crippen LogP contribution < -0.4 is 4.74 Å². The summed E-state index contributed by atoms with van der Waals surface area (Å²) in [4.78, 5) is 0. The van der Waals surface area contributed by atoms with E-state index in [9.17, 15) is 0 Å². The summed E-state index contributed by atoms with van der Waals surface area (Å²) in [7, 11) is 0. The van der Waals surface area contributed by atoms with Gasteiger partial charge in [0.15, 0.2) is 0 Å². The van der Waals surface area contributed by atoms with E-state index in [-0.39, 0.29) is 6.10 Å². The minimum Gasteiger partial charge on any atom is -0.491 e. The molecular formula is C16H20O. The third-order valence-electron chi connectivity index (χ3n) is 2.94. The molecule has 0 radical (unpaired) electrons. The molecule has 0 amide bonds. The van der Waals surface area contributed by atoms with Crippen LogP contribution in [0.4, 0.5) is 0 Å². The lowest BCUT2D eigenvalue weighted by molar-refractivity contribution is 0.242. The van der Waals surface area contributed by atoms with Crippen molar-refractivity contribution in [3.05, 3.63) is 53.6 Å². The molecule has 0 heterocycles. The smallest absolute Gasteiger partial charge is 0.120 e. The fourth-order valence-corrected chi connectivity index (χ4v) is 2.12. The molecule has 1 aliphatic carbocycles. The molecule has 0 saturated carbocycles. The highest BCUT2D eigenvalue weighted by atomic mass is 16.5. The van der Waals surface area contributed by atoms with Crippen molar-refractivity contribution in [1.29, 1.82) is 0 Å². The minimum atomic E-state index is 0.225. The van der Waals surface area contributed by atoms with Gasteiger partial charge < -0.3 is 4.74 Å². The van der Waals surface area contributed by atoms with E-state index in [4.69, 9.17) is 4.74 Å². The summed E-state index contributed by atoms with van der Waals surface area (Å²) in [5.74, 6) is 1.37. The highest BCUT2D eigenvalue weighted by molar-refractivity contribution is 5.42. The standard InChI is InChI=1S/C16H20O/c1-12(2)17-15-10-9-13(3)16(11-15)14-7-5-4-6-8-14/h5-12,14H,4H2,1-3H3. The van der Waals surface area contributed by atoms with Crippen LogP contribution in [0.3, 0.4) is 0 Å². The van der Waals surface area contributed by atoms with Gasteiger partial charge in [-0.1, -0.05) is 30.4 Å². The Bertz CT molecular complexity index is 429. The van der Waals surface area contributed by atoms with Gasteiger partial charge >= 0.3 is 0 Å². The van der Waals surface area contributed by atoms with Gasteiger partial charge in [0.1, 0.15) is 5.75 Å². The van der Waals surface area contributed by atoms with Crippen LogP contribution in [-0.2, 0) is 0 Å². The molecule has 0 bridgehead atoms. The van der Waals surface area contributed by atoms with E-state index in [0.717, 1.165) is 12.2 Å². The molecular weight excluding hydrogens is 208 g/mol. The number of hydrogen-bond donors (Lipinski definition) is 0. The first kappa shape index (κ1) is 12.0. The average molecular weight is 228 g/mol. The SMILES string of the molecule is Cc1ccc(OC(C)C)cc1C1C=CCC=C1. The largest absolute Gasteiger partial charge is 0.491 e. The fraction of sp³-hybridized carbons (Fsp3) is 0.375. The first-order valence-electron chi connectivity index (χ1n) is 6.27. The second kappa shape index (κ2) is 5.22. The Morgan fingerprint density at radius 3 is 2.53 bits per heavy atom. The van der Waals surface area contributed by atoms with Gasteiger partial charge in [-0.3, -0.25) is 0 Å². The van der Waals surface area contributed by atoms with Crippen LogP contribution >= 0.6 is 0 Å². The number of aryl methyl sites for hydroxylation is 1. The van der Waals surface area contributed by atoms with Gasteiger partial charge in [-0.05, 0) is 50.5 Å². The van der Waals surface area contributed by atoms with E-state index in [2.05, 4.69) is 63.3 Å². The van der Waals surface area contributed by atoms with Gasteiger partial charge in [-0.25, -0.2) is 0 Å². The Balaban J connectivity index is 2.28. The Morgan fingerprint density at radius 1 is 1.18 bits per heavy atom. The van der Waals surface area contributed by atoms with Gasteiger partial charge in [0.25, 0.3) is 0 Å². The second-order valence-corrected chi connectivity index (χ2v) is 4.80. The maximum atomic E-state index is 5.75. The Morgan fingerprint density at radius 2 is 1.88 bits per heavy atom. The molecule has 0 unspecified atom stereocenters. The minimum absolute atomic E-state index is 0.225. The van der Waals surface area contributed by atoms with Crippen LogP contribution in [0.1, 0.15) is 37.3 Å². The number of rotatable bonds is 3. The Kier molecular flexibility index (Phi) is 3.68. The number of allylic oxidation sites excluding steroid dienone is 4. The fourth-order valence-electron chi connectivity index (χ4n) is 2.12. The Hall–Kier alpha value is -1.50. The van der Waals surface area contributed by atoms with Crippen LogP contribution in [0, 0.1) is 6.92 Å². The summed E-state index contributed by atoms with van der Waals surface area (Å²) in [6, 6.07) is 6.36. The highest BCUT2D eigenvalue weighted by Gasteiger charge is 2.11. The van der Waals surface area contributed by atoms with Crippen molar-refractivity contribution in [2.75, 3.05) is 0 Å². The predicted molar refractivity (Wildman–Crippen MR) is 72.6 cm³/mol. The molecule has 0 fully saturated rings. The lowest BCUT2D eigenvalue weighted by Crippen LogP contribution is -2.06. The summed E-state index contributed by atoms with van der Waals surface area (Å²) < 4.78 is 5.75. The molecule has 0 saturated heterocycles. The van der Waals surface area contributed by atoms with Gasteiger partial charge in [-0.15, -0.1) is 0 Å². The molecule has 0 aromatic heterocycles. The van der Waals surface area contributed by atoms with Crippen molar-refractivity contribution in [1.82, 2.24) is 0 Å². The van der Waals surface area contributed by atoms with Crippen LogP contribution in [0.5, 0.6) is 5.75 Å². The van der Waals surface area contributed by atoms with Gasteiger partial charge in [0, 0.05) is 5.92 Å². The average Bonchev–Trinajstić information content (AvgIpc) is 2.32. The molecule has 1 aromatic rings. The quantitative estimate of drug-likeness (QED) is 0.697. The molecule has 0 aliphatic heterocycles. The molecule has 1 heteroatoms. The van der Waals surface area contributed by atoms with E-state index in [1.807, 2.05) is 0 Å².